The van der Waals surface area contributed by atoms with Crippen molar-refractivity contribution in [3.05, 3.63) is 52.5 Å². The van der Waals surface area contributed by atoms with Crippen molar-refractivity contribution in [3.63, 3.8) is 0 Å². The highest BCUT2D eigenvalue weighted by Gasteiger charge is 2.21. The summed E-state index contributed by atoms with van der Waals surface area (Å²) in [5.74, 6) is 0.397. The van der Waals surface area contributed by atoms with Gasteiger partial charge in [0.2, 0.25) is 0 Å². The molecule has 1 heterocycles. The Morgan fingerprint density at radius 3 is 2.74 bits per heavy atom. The van der Waals surface area contributed by atoms with Crippen LogP contribution in [0.5, 0.6) is 5.75 Å². The summed E-state index contributed by atoms with van der Waals surface area (Å²) in [6, 6.07) is 13.0. The monoisotopic (exact) mass is 391 g/mol. The van der Waals surface area contributed by atoms with Crippen molar-refractivity contribution in [1.82, 2.24) is 0 Å². The van der Waals surface area contributed by atoms with E-state index in [0.29, 0.717) is 17.0 Å². The Hall–Kier alpha value is -1.79. The molecule has 6 heteroatoms. The van der Waals surface area contributed by atoms with E-state index in [1.54, 1.807) is 18.2 Å². The van der Waals surface area contributed by atoms with E-state index in [1.807, 2.05) is 31.2 Å². The minimum absolute atomic E-state index is 0.0100. The third-order valence-corrected chi connectivity index (χ3v) is 5.03. The Morgan fingerprint density at radius 2 is 2.00 bits per heavy atom. The minimum atomic E-state index is -0.227. The molecule has 118 valence electrons. The third-order valence-electron chi connectivity index (χ3n) is 3.39. The summed E-state index contributed by atoms with van der Waals surface area (Å²) in [6.45, 7) is 1.89. The van der Waals surface area contributed by atoms with Crippen molar-refractivity contribution in [3.8, 4) is 5.75 Å². The molecule has 1 N–H and O–H groups in total. The van der Waals surface area contributed by atoms with Gasteiger partial charge in [-0.05, 0) is 49.4 Å². The average molecular weight is 392 g/mol. The quantitative estimate of drug-likeness (QED) is 0.628. The van der Waals surface area contributed by atoms with E-state index in [9.17, 15) is 9.59 Å². The van der Waals surface area contributed by atoms with E-state index in [-0.39, 0.29) is 23.5 Å². The molecule has 1 amide bonds. The molecule has 0 bridgehead atoms. The zero-order valence-electron chi connectivity index (χ0n) is 12.3. The molecule has 1 unspecified atom stereocenters. The van der Waals surface area contributed by atoms with Crippen LogP contribution in [0.4, 0.5) is 5.69 Å². The van der Waals surface area contributed by atoms with Crippen LogP contribution < -0.4 is 10.1 Å². The predicted molar refractivity (Wildman–Crippen MR) is 94.4 cm³/mol. The molecular formula is C17H14BrNO3S. The lowest BCUT2D eigenvalue weighted by Crippen LogP contribution is -2.25. The summed E-state index contributed by atoms with van der Waals surface area (Å²) in [5, 5.41) is 2.49. The van der Waals surface area contributed by atoms with E-state index < -0.39 is 0 Å². The number of nitrogens with one attached hydrogen (secondary N) is 1. The fraction of sp³-hybridized carbons (Fsp3) is 0.176. The van der Waals surface area contributed by atoms with Gasteiger partial charge in [-0.25, -0.2) is 0 Å². The van der Waals surface area contributed by atoms with Gasteiger partial charge in [0.05, 0.1) is 10.9 Å². The molecule has 1 atom stereocenters. The molecule has 23 heavy (non-hydrogen) atoms. The summed E-state index contributed by atoms with van der Waals surface area (Å²) >= 11 is 4.90. The summed E-state index contributed by atoms with van der Waals surface area (Å²) in [4.78, 5) is 25.0. The zero-order chi connectivity index (χ0) is 16.4. The van der Waals surface area contributed by atoms with Crippen LogP contribution in [0.15, 0.2) is 51.8 Å². The molecule has 2 aromatic rings. The maximum Gasteiger partial charge on any atom is 0.262 e. The molecule has 1 aliphatic heterocycles. The molecule has 2 aromatic carbocycles. The first kappa shape index (κ1) is 16.1. The van der Waals surface area contributed by atoms with Gasteiger partial charge >= 0.3 is 0 Å². The van der Waals surface area contributed by atoms with Crippen LogP contribution in [0.25, 0.3) is 0 Å². The molecule has 0 aromatic heterocycles. The second-order valence-corrected chi connectivity index (χ2v) is 7.46. The minimum Gasteiger partial charge on any atom is -0.482 e. The molecule has 3 rings (SSSR count). The van der Waals surface area contributed by atoms with Crippen molar-refractivity contribution < 1.29 is 14.3 Å². The number of anilines is 1. The van der Waals surface area contributed by atoms with Gasteiger partial charge < -0.3 is 10.1 Å². The highest BCUT2D eigenvalue weighted by molar-refractivity contribution is 9.10. The summed E-state index contributed by atoms with van der Waals surface area (Å²) in [5.41, 5.74) is 1.11. The SMILES string of the molecule is CC(Sc1ccc(Br)cc1)C(=O)c1ccc2c(c1)NC(=O)CO2. The fourth-order valence-electron chi connectivity index (χ4n) is 2.24. The number of rotatable bonds is 4. The number of fused-ring (bicyclic) bond motifs is 1. The van der Waals surface area contributed by atoms with E-state index in [1.165, 1.54) is 11.8 Å². The van der Waals surface area contributed by atoms with Gasteiger partial charge in [-0.1, -0.05) is 15.9 Å². The van der Waals surface area contributed by atoms with Crippen LogP contribution in [0.3, 0.4) is 0 Å². The van der Waals surface area contributed by atoms with Gasteiger partial charge in [-0.2, -0.15) is 0 Å². The molecular weight excluding hydrogens is 378 g/mol. The largest absolute Gasteiger partial charge is 0.482 e. The zero-order valence-corrected chi connectivity index (χ0v) is 14.7. The summed E-state index contributed by atoms with van der Waals surface area (Å²) in [6.07, 6.45) is 0. The topological polar surface area (TPSA) is 55.4 Å². The van der Waals surface area contributed by atoms with E-state index in [2.05, 4.69) is 21.2 Å². The second kappa shape index (κ2) is 6.76. The first-order valence-electron chi connectivity index (χ1n) is 7.06. The van der Waals surface area contributed by atoms with Crippen LogP contribution in [-0.2, 0) is 4.79 Å². The molecule has 4 nitrogen and oxygen atoms in total. The maximum absolute atomic E-state index is 12.6. The van der Waals surface area contributed by atoms with Crippen LogP contribution in [0.2, 0.25) is 0 Å². The molecule has 0 saturated heterocycles. The summed E-state index contributed by atoms with van der Waals surface area (Å²) in [7, 11) is 0. The van der Waals surface area contributed by atoms with Crippen LogP contribution >= 0.6 is 27.7 Å². The van der Waals surface area contributed by atoms with Gasteiger partial charge in [0.1, 0.15) is 5.75 Å². The van der Waals surface area contributed by atoms with Crippen molar-refractivity contribution in [2.45, 2.75) is 17.1 Å². The van der Waals surface area contributed by atoms with Crippen molar-refractivity contribution in [2.75, 3.05) is 11.9 Å². The Kier molecular flexibility index (Phi) is 4.73. The molecule has 0 aliphatic carbocycles. The Morgan fingerprint density at radius 1 is 1.26 bits per heavy atom. The number of benzene rings is 2. The standard InChI is InChI=1S/C17H14BrNO3S/c1-10(23-13-5-3-12(18)4-6-13)17(21)11-2-7-15-14(8-11)19-16(20)9-22-15/h2-8,10H,9H2,1H3,(H,19,20). The normalized spacial score (nSPS) is 14.4. The van der Waals surface area contributed by atoms with E-state index in [4.69, 9.17) is 4.74 Å². The number of carbonyl (C=O) groups is 2. The lowest BCUT2D eigenvalue weighted by Gasteiger charge is -2.19. The fourth-order valence-corrected chi connectivity index (χ4v) is 3.45. The number of halogens is 1. The summed E-state index contributed by atoms with van der Waals surface area (Å²) < 4.78 is 6.31. The van der Waals surface area contributed by atoms with Crippen molar-refractivity contribution >= 4 is 45.1 Å². The van der Waals surface area contributed by atoms with Crippen LogP contribution in [0, 0.1) is 0 Å². The first-order chi connectivity index (χ1) is 11.0. The Bertz CT molecular complexity index is 761. The van der Waals surface area contributed by atoms with E-state index >= 15 is 0 Å². The molecule has 0 radical (unpaired) electrons. The van der Waals surface area contributed by atoms with Crippen LogP contribution in [0.1, 0.15) is 17.3 Å². The van der Waals surface area contributed by atoms with Gasteiger partial charge in [0.25, 0.3) is 5.91 Å². The highest BCUT2D eigenvalue weighted by Crippen LogP contribution is 2.31. The van der Waals surface area contributed by atoms with Gasteiger partial charge in [0, 0.05) is 14.9 Å². The van der Waals surface area contributed by atoms with Gasteiger partial charge in [0.15, 0.2) is 12.4 Å². The molecule has 1 aliphatic rings. The number of carbonyl (C=O) groups excluding carboxylic acids is 2. The number of hydrogen-bond acceptors (Lipinski definition) is 4. The lowest BCUT2D eigenvalue weighted by molar-refractivity contribution is -0.118. The lowest BCUT2D eigenvalue weighted by atomic mass is 10.1. The number of amides is 1. The van der Waals surface area contributed by atoms with Gasteiger partial charge in [-0.15, -0.1) is 11.8 Å². The number of Topliss-reactive ketones (excluding diaryl/α,β-unsaturated/α-hetero) is 1. The Labute approximate surface area is 146 Å². The molecule has 0 saturated carbocycles. The van der Waals surface area contributed by atoms with Gasteiger partial charge in [-0.3, -0.25) is 9.59 Å². The Balaban J connectivity index is 1.75. The first-order valence-corrected chi connectivity index (χ1v) is 8.73. The molecule has 0 fully saturated rings. The van der Waals surface area contributed by atoms with Crippen LogP contribution in [-0.4, -0.2) is 23.5 Å². The average Bonchev–Trinajstić information content (AvgIpc) is 2.55. The molecule has 0 spiro atoms. The number of hydrogen-bond donors (Lipinski definition) is 1. The maximum atomic E-state index is 12.6. The predicted octanol–water partition coefficient (Wildman–Crippen LogP) is 4.14. The van der Waals surface area contributed by atoms with E-state index in [0.717, 1.165) is 9.37 Å². The number of thioether (sulfide) groups is 1. The third kappa shape index (κ3) is 3.76. The number of ether oxygens (including phenoxy) is 1. The smallest absolute Gasteiger partial charge is 0.262 e. The second-order valence-electron chi connectivity index (χ2n) is 5.13. The highest BCUT2D eigenvalue weighted by atomic mass is 79.9. The number of ketones is 1. The van der Waals surface area contributed by atoms with Crippen molar-refractivity contribution in [1.29, 1.82) is 0 Å². The van der Waals surface area contributed by atoms with Crippen molar-refractivity contribution in [2.24, 2.45) is 0 Å².